The van der Waals surface area contributed by atoms with Gasteiger partial charge >= 0.3 is 0 Å². The maximum Gasteiger partial charge on any atom is 0.0748 e. The van der Waals surface area contributed by atoms with Crippen LogP contribution in [0.4, 0.5) is 0 Å². The van der Waals surface area contributed by atoms with E-state index in [0.29, 0.717) is 4.95 Å². The van der Waals surface area contributed by atoms with Crippen molar-refractivity contribution in [3.05, 3.63) is 0 Å². The van der Waals surface area contributed by atoms with Gasteiger partial charge in [-0.3, -0.25) is 4.90 Å². The first kappa shape index (κ1) is 7.92. The molecule has 0 aromatic rings. The van der Waals surface area contributed by atoms with Gasteiger partial charge in [0.05, 0.1) is 4.95 Å². The molecule has 0 aliphatic heterocycles. The van der Waals surface area contributed by atoms with E-state index in [1.54, 1.807) is 0 Å². The second-order valence-corrected chi connectivity index (χ2v) is 3.26. The molecule has 0 aromatic heterocycles. The van der Waals surface area contributed by atoms with Crippen LogP contribution in [0, 0.1) is 0 Å². The molecule has 1 unspecified atom stereocenters. The first-order chi connectivity index (χ1) is 3.18. The lowest BCUT2D eigenvalue weighted by Crippen LogP contribution is -2.22. The van der Waals surface area contributed by atoms with E-state index in [1.807, 2.05) is 14.1 Å². The molecule has 0 aliphatic rings. The van der Waals surface area contributed by atoms with Gasteiger partial charge in [0.2, 0.25) is 0 Å². The first-order valence-electron chi connectivity index (χ1n) is 2.05. The van der Waals surface area contributed by atoms with Crippen molar-refractivity contribution >= 4 is 31.9 Å². The van der Waals surface area contributed by atoms with Crippen LogP contribution in [-0.4, -0.2) is 29.3 Å². The van der Waals surface area contributed by atoms with Crippen molar-refractivity contribution in [3.8, 4) is 0 Å². The second-order valence-electron chi connectivity index (χ2n) is 1.55. The predicted molar refractivity (Wildman–Crippen MR) is 40.2 cm³/mol. The topological polar surface area (TPSA) is 3.24 Å². The Hall–Kier alpha value is 0.920. The van der Waals surface area contributed by atoms with E-state index in [0.717, 1.165) is 5.33 Å². The predicted octanol–water partition coefficient (Wildman–Crippen LogP) is 1.66. The van der Waals surface area contributed by atoms with Gasteiger partial charge in [0.25, 0.3) is 0 Å². The molecule has 0 spiro atoms. The summed E-state index contributed by atoms with van der Waals surface area (Å²) in [6, 6.07) is 0. The second kappa shape index (κ2) is 3.87. The standard InChI is InChI=1S/C4H9Br2N/c1-7(2)4(6)3-5/h4H,3H2,1-2H3. The number of hydrogen-bond donors (Lipinski definition) is 0. The van der Waals surface area contributed by atoms with Crippen molar-refractivity contribution in [1.29, 1.82) is 0 Å². The third kappa shape index (κ3) is 3.50. The van der Waals surface area contributed by atoms with Gasteiger partial charge in [-0.05, 0) is 14.1 Å². The summed E-state index contributed by atoms with van der Waals surface area (Å²) in [7, 11) is 4.06. The van der Waals surface area contributed by atoms with Crippen LogP contribution >= 0.6 is 31.9 Å². The molecule has 44 valence electrons. The van der Waals surface area contributed by atoms with E-state index < -0.39 is 0 Å². The van der Waals surface area contributed by atoms with Gasteiger partial charge in [-0.25, -0.2) is 0 Å². The summed E-state index contributed by atoms with van der Waals surface area (Å²) in [5, 5.41) is 0.972. The molecule has 3 heteroatoms. The molecule has 0 bridgehead atoms. The number of nitrogens with zero attached hydrogens (tertiary/aromatic N) is 1. The van der Waals surface area contributed by atoms with E-state index in [9.17, 15) is 0 Å². The Bertz CT molecular complexity index is 47.0. The van der Waals surface area contributed by atoms with E-state index >= 15 is 0 Å². The van der Waals surface area contributed by atoms with E-state index in [4.69, 9.17) is 0 Å². The minimum absolute atomic E-state index is 0.465. The third-order valence-electron chi connectivity index (χ3n) is 0.688. The summed E-state index contributed by atoms with van der Waals surface area (Å²) in [5.74, 6) is 0. The molecule has 7 heavy (non-hydrogen) atoms. The molecule has 1 atom stereocenters. The molecular formula is C4H9Br2N. The summed E-state index contributed by atoms with van der Waals surface area (Å²) >= 11 is 6.75. The highest BCUT2D eigenvalue weighted by Crippen LogP contribution is 2.04. The van der Waals surface area contributed by atoms with Crippen LogP contribution in [0.5, 0.6) is 0 Å². The Morgan fingerprint density at radius 3 is 2.00 bits per heavy atom. The minimum Gasteiger partial charge on any atom is -0.296 e. The highest BCUT2D eigenvalue weighted by Gasteiger charge is 2.00. The van der Waals surface area contributed by atoms with Gasteiger partial charge in [0, 0.05) is 5.33 Å². The maximum absolute atomic E-state index is 3.42. The van der Waals surface area contributed by atoms with Crippen LogP contribution in [0.25, 0.3) is 0 Å². The van der Waals surface area contributed by atoms with Gasteiger partial charge < -0.3 is 0 Å². The van der Waals surface area contributed by atoms with E-state index in [2.05, 4.69) is 36.8 Å². The molecule has 0 saturated carbocycles. The fourth-order valence-corrected chi connectivity index (χ4v) is 0.717. The van der Waals surface area contributed by atoms with Gasteiger partial charge in [-0.2, -0.15) is 0 Å². The smallest absolute Gasteiger partial charge is 0.0748 e. The normalized spacial score (nSPS) is 15.0. The van der Waals surface area contributed by atoms with Gasteiger partial charge in [-0.15, -0.1) is 0 Å². The van der Waals surface area contributed by atoms with Gasteiger partial charge in [0.1, 0.15) is 0 Å². The van der Waals surface area contributed by atoms with Crippen molar-refractivity contribution in [2.24, 2.45) is 0 Å². The molecule has 0 heterocycles. The molecule has 0 saturated heterocycles. The molecular weight excluding hydrogens is 222 g/mol. The fourth-order valence-electron chi connectivity index (χ4n) is 0.138. The maximum atomic E-state index is 3.42. The Balaban J connectivity index is 3.14. The summed E-state index contributed by atoms with van der Waals surface area (Å²) in [4.78, 5) is 2.56. The van der Waals surface area contributed by atoms with Crippen molar-refractivity contribution in [2.75, 3.05) is 19.4 Å². The highest BCUT2D eigenvalue weighted by molar-refractivity contribution is 9.12. The monoisotopic (exact) mass is 229 g/mol. The SMILES string of the molecule is CN(C)C(Br)CBr. The average molecular weight is 231 g/mol. The lowest BCUT2D eigenvalue weighted by atomic mass is 10.7. The highest BCUT2D eigenvalue weighted by atomic mass is 79.9. The zero-order valence-corrected chi connectivity index (χ0v) is 7.66. The molecule has 0 rings (SSSR count). The molecule has 1 nitrogen and oxygen atoms in total. The van der Waals surface area contributed by atoms with Crippen molar-refractivity contribution in [3.63, 3.8) is 0 Å². The third-order valence-corrected chi connectivity index (χ3v) is 3.31. The van der Waals surface area contributed by atoms with Crippen molar-refractivity contribution < 1.29 is 0 Å². The fraction of sp³-hybridized carbons (Fsp3) is 1.00. The van der Waals surface area contributed by atoms with Crippen LogP contribution in [-0.2, 0) is 0 Å². The molecule has 0 amide bonds. The summed E-state index contributed by atoms with van der Waals surface area (Å²) < 4.78 is 0. The Kier molecular flexibility index (Phi) is 4.37. The van der Waals surface area contributed by atoms with E-state index in [1.165, 1.54) is 0 Å². The largest absolute Gasteiger partial charge is 0.296 e. The average Bonchev–Trinajstić information content (AvgIpc) is 1.65. The minimum atomic E-state index is 0.465. The zero-order chi connectivity index (χ0) is 5.86. The van der Waals surface area contributed by atoms with Crippen LogP contribution in [0.2, 0.25) is 0 Å². The summed E-state index contributed by atoms with van der Waals surface area (Å²) in [6.07, 6.45) is 0. The van der Waals surface area contributed by atoms with Crippen molar-refractivity contribution in [2.45, 2.75) is 4.95 Å². The quantitative estimate of drug-likeness (QED) is 0.516. The lowest BCUT2D eigenvalue weighted by Gasteiger charge is -2.13. The number of alkyl halides is 2. The summed E-state index contributed by atoms with van der Waals surface area (Å²) in [6.45, 7) is 0. The molecule has 0 fully saturated rings. The first-order valence-corrected chi connectivity index (χ1v) is 4.08. The zero-order valence-electron chi connectivity index (χ0n) is 4.49. The molecule has 0 aliphatic carbocycles. The van der Waals surface area contributed by atoms with Gasteiger partial charge in [0.15, 0.2) is 0 Å². The molecule has 0 aromatic carbocycles. The Morgan fingerprint density at radius 1 is 1.57 bits per heavy atom. The van der Waals surface area contributed by atoms with Crippen LogP contribution in [0.15, 0.2) is 0 Å². The number of hydrogen-bond acceptors (Lipinski definition) is 1. The Labute approximate surface area is 61.3 Å². The van der Waals surface area contributed by atoms with Crippen molar-refractivity contribution in [1.82, 2.24) is 4.90 Å². The lowest BCUT2D eigenvalue weighted by molar-refractivity contribution is 0.414. The number of rotatable bonds is 2. The van der Waals surface area contributed by atoms with Crippen LogP contribution < -0.4 is 0 Å². The number of halogens is 2. The van der Waals surface area contributed by atoms with Crippen LogP contribution in [0.3, 0.4) is 0 Å². The van der Waals surface area contributed by atoms with Crippen LogP contribution in [0.1, 0.15) is 0 Å². The van der Waals surface area contributed by atoms with E-state index in [-0.39, 0.29) is 0 Å². The summed E-state index contributed by atoms with van der Waals surface area (Å²) in [5.41, 5.74) is 0. The Morgan fingerprint density at radius 2 is 2.00 bits per heavy atom. The molecule has 0 radical (unpaired) electrons. The molecule has 0 N–H and O–H groups in total. The van der Waals surface area contributed by atoms with Gasteiger partial charge in [-0.1, -0.05) is 31.9 Å².